The molecule has 0 aliphatic heterocycles. The predicted octanol–water partition coefficient (Wildman–Crippen LogP) is 8.78. The Morgan fingerprint density at radius 1 is 0.316 bits per heavy atom. The molecule has 0 N–H and O–H groups in total. The van der Waals surface area contributed by atoms with Crippen LogP contribution in [0.25, 0.3) is 55.9 Å². The second-order valence-corrected chi connectivity index (χ2v) is 9.81. The molecular weight excluding hydrogens is 460 g/mol. The van der Waals surface area contributed by atoms with Crippen molar-refractivity contribution in [3.63, 3.8) is 0 Å². The molecule has 6 aromatic rings. The minimum atomic E-state index is 0.948. The van der Waals surface area contributed by atoms with Crippen LogP contribution in [0.5, 0.6) is 0 Å². The van der Waals surface area contributed by atoms with Crippen molar-refractivity contribution >= 4 is 11.1 Å². The maximum atomic E-state index is 5.02. The van der Waals surface area contributed by atoms with Gasteiger partial charge in [0.1, 0.15) is 0 Å². The highest BCUT2D eigenvalue weighted by Gasteiger charge is 2.34. The lowest BCUT2D eigenvalue weighted by Crippen LogP contribution is -1.93. The van der Waals surface area contributed by atoms with Crippen molar-refractivity contribution in [1.82, 2.24) is 9.97 Å². The molecule has 2 nitrogen and oxygen atoms in total. The number of fused-ring (bicyclic) bond motifs is 6. The molecular formula is C36H22N2. The third kappa shape index (κ3) is 3.07. The number of pyridine rings is 2. The lowest BCUT2D eigenvalue weighted by molar-refractivity contribution is 1.26. The van der Waals surface area contributed by atoms with Crippen molar-refractivity contribution in [3.05, 3.63) is 156 Å². The highest BCUT2D eigenvalue weighted by atomic mass is 14.8. The molecule has 0 atom stereocenters. The molecule has 176 valence electrons. The first kappa shape index (κ1) is 21.0. The summed E-state index contributed by atoms with van der Waals surface area (Å²) in [6.45, 7) is 0. The van der Waals surface area contributed by atoms with E-state index < -0.39 is 0 Å². The van der Waals surface area contributed by atoms with E-state index in [9.17, 15) is 0 Å². The molecule has 0 fully saturated rings. The molecule has 2 aliphatic rings. The van der Waals surface area contributed by atoms with E-state index in [4.69, 9.17) is 9.97 Å². The van der Waals surface area contributed by atoms with E-state index in [0.717, 1.165) is 44.8 Å². The fourth-order valence-electron chi connectivity index (χ4n) is 5.97. The molecule has 2 heterocycles. The van der Waals surface area contributed by atoms with Crippen LogP contribution in [0, 0.1) is 0 Å². The highest BCUT2D eigenvalue weighted by Crippen LogP contribution is 2.54. The average Bonchev–Trinajstić information content (AvgIpc) is 3.49. The zero-order valence-electron chi connectivity index (χ0n) is 20.6. The van der Waals surface area contributed by atoms with Gasteiger partial charge >= 0.3 is 0 Å². The van der Waals surface area contributed by atoms with Crippen LogP contribution in [0.15, 0.2) is 134 Å². The fourth-order valence-corrected chi connectivity index (χ4v) is 5.97. The van der Waals surface area contributed by atoms with Gasteiger partial charge in [0, 0.05) is 40.2 Å². The van der Waals surface area contributed by atoms with Crippen molar-refractivity contribution in [2.45, 2.75) is 0 Å². The summed E-state index contributed by atoms with van der Waals surface area (Å²) in [6, 6.07) is 43.1. The lowest BCUT2D eigenvalue weighted by Gasteiger charge is -2.12. The third-order valence-electron chi connectivity index (χ3n) is 7.69. The Morgan fingerprint density at radius 3 is 1.13 bits per heavy atom. The minimum Gasteiger partial charge on any atom is -0.253 e. The zero-order valence-corrected chi connectivity index (χ0v) is 20.6. The second kappa shape index (κ2) is 8.22. The highest BCUT2D eigenvalue weighted by molar-refractivity contribution is 6.18. The SMILES string of the molecule is c1ccc(-c2cnc3c(c2)C(=C2c4ccccc4-c4ccccc42)c2cc(-c4ccccc4)cnc2-3)cc1. The number of nitrogens with zero attached hydrogens (tertiary/aromatic N) is 2. The van der Waals surface area contributed by atoms with Gasteiger partial charge in [-0.25, -0.2) is 0 Å². The van der Waals surface area contributed by atoms with Crippen molar-refractivity contribution < 1.29 is 0 Å². The Morgan fingerprint density at radius 2 is 0.684 bits per heavy atom. The summed E-state index contributed by atoms with van der Waals surface area (Å²) in [6.07, 6.45) is 3.96. The summed E-state index contributed by atoms with van der Waals surface area (Å²) < 4.78 is 0. The van der Waals surface area contributed by atoms with E-state index in [1.54, 1.807) is 0 Å². The van der Waals surface area contributed by atoms with Crippen molar-refractivity contribution in [2.24, 2.45) is 0 Å². The Balaban J connectivity index is 1.47. The maximum Gasteiger partial charge on any atom is 0.0971 e. The number of rotatable bonds is 2. The van der Waals surface area contributed by atoms with E-state index >= 15 is 0 Å². The van der Waals surface area contributed by atoms with Gasteiger partial charge in [-0.2, -0.15) is 0 Å². The lowest BCUT2D eigenvalue weighted by atomic mass is 9.90. The Bertz CT molecular complexity index is 1760. The smallest absolute Gasteiger partial charge is 0.0971 e. The summed E-state index contributed by atoms with van der Waals surface area (Å²) in [4.78, 5) is 10.0. The molecule has 0 spiro atoms. The van der Waals surface area contributed by atoms with Crippen LogP contribution in [0.4, 0.5) is 0 Å². The fraction of sp³-hybridized carbons (Fsp3) is 0. The summed E-state index contributed by atoms with van der Waals surface area (Å²) >= 11 is 0. The number of benzene rings is 4. The van der Waals surface area contributed by atoms with E-state index in [1.807, 2.05) is 12.4 Å². The standard InChI is InChI=1S/C36H22N2/c1-3-11-23(12-4-1)25-19-31-34(33-29-17-9-7-15-27(29)28-16-8-10-18-30(28)33)32-20-26(24-13-5-2-6-14-24)22-38-36(32)35(31)37-21-25/h1-22H. The molecule has 2 aliphatic carbocycles. The van der Waals surface area contributed by atoms with Crippen molar-refractivity contribution in [1.29, 1.82) is 0 Å². The molecule has 38 heavy (non-hydrogen) atoms. The Hall–Kier alpha value is -5.08. The zero-order chi connectivity index (χ0) is 25.1. The normalized spacial score (nSPS) is 12.6. The van der Waals surface area contributed by atoms with Gasteiger partial charge in [-0.05, 0) is 51.1 Å². The molecule has 2 heteroatoms. The molecule has 4 aromatic carbocycles. The summed E-state index contributed by atoms with van der Waals surface area (Å²) in [5.74, 6) is 0. The van der Waals surface area contributed by atoms with Gasteiger partial charge in [0.25, 0.3) is 0 Å². The number of hydrogen-bond donors (Lipinski definition) is 0. The topological polar surface area (TPSA) is 25.8 Å². The van der Waals surface area contributed by atoms with Gasteiger partial charge in [-0.15, -0.1) is 0 Å². The Kier molecular flexibility index (Phi) is 4.55. The van der Waals surface area contributed by atoms with Gasteiger partial charge in [0.05, 0.1) is 11.4 Å². The van der Waals surface area contributed by atoms with Gasteiger partial charge in [-0.3, -0.25) is 9.97 Å². The summed E-state index contributed by atoms with van der Waals surface area (Å²) in [5.41, 5.74) is 16.3. The monoisotopic (exact) mass is 482 g/mol. The van der Waals surface area contributed by atoms with Gasteiger partial charge in [-0.1, -0.05) is 109 Å². The first-order chi connectivity index (χ1) is 18.9. The van der Waals surface area contributed by atoms with Crippen LogP contribution in [-0.2, 0) is 0 Å². The molecule has 8 rings (SSSR count). The second-order valence-electron chi connectivity index (χ2n) is 9.81. The summed E-state index contributed by atoms with van der Waals surface area (Å²) in [5, 5.41) is 0. The van der Waals surface area contributed by atoms with Gasteiger partial charge < -0.3 is 0 Å². The first-order valence-corrected chi connectivity index (χ1v) is 12.9. The van der Waals surface area contributed by atoms with Gasteiger partial charge in [0.15, 0.2) is 0 Å². The Labute approximate surface area is 221 Å². The van der Waals surface area contributed by atoms with Crippen LogP contribution in [0.1, 0.15) is 22.3 Å². The van der Waals surface area contributed by atoms with E-state index in [-0.39, 0.29) is 0 Å². The molecule has 0 saturated heterocycles. The van der Waals surface area contributed by atoms with Crippen LogP contribution in [0.2, 0.25) is 0 Å². The van der Waals surface area contributed by atoms with E-state index in [1.165, 1.54) is 33.4 Å². The minimum absolute atomic E-state index is 0.948. The van der Waals surface area contributed by atoms with Crippen LogP contribution in [0.3, 0.4) is 0 Å². The first-order valence-electron chi connectivity index (χ1n) is 12.9. The molecule has 0 radical (unpaired) electrons. The molecule has 2 aromatic heterocycles. The quantitative estimate of drug-likeness (QED) is 0.246. The van der Waals surface area contributed by atoms with E-state index in [0.29, 0.717) is 0 Å². The van der Waals surface area contributed by atoms with Crippen LogP contribution < -0.4 is 0 Å². The molecule has 0 bridgehead atoms. The number of hydrogen-bond acceptors (Lipinski definition) is 2. The average molecular weight is 483 g/mol. The number of aromatic nitrogens is 2. The molecule has 0 amide bonds. The third-order valence-corrected chi connectivity index (χ3v) is 7.69. The maximum absolute atomic E-state index is 5.02. The largest absolute Gasteiger partial charge is 0.253 e. The van der Waals surface area contributed by atoms with Crippen molar-refractivity contribution in [2.75, 3.05) is 0 Å². The van der Waals surface area contributed by atoms with E-state index in [2.05, 4.69) is 121 Å². The van der Waals surface area contributed by atoms with Crippen LogP contribution in [-0.4, -0.2) is 9.97 Å². The van der Waals surface area contributed by atoms with Gasteiger partial charge in [0.2, 0.25) is 0 Å². The summed E-state index contributed by atoms with van der Waals surface area (Å²) in [7, 11) is 0. The molecule has 0 saturated carbocycles. The molecule has 0 unspecified atom stereocenters. The van der Waals surface area contributed by atoms with Crippen molar-refractivity contribution in [3.8, 4) is 44.8 Å². The van der Waals surface area contributed by atoms with Crippen LogP contribution >= 0.6 is 0 Å². The predicted molar refractivity (Wildman–Crippen MR) is 155 cm³/mol.